The first-order valence-electron chi connectivity index (χ1n) is 3.45. The van der Waals surface area contributed by atoms with Gasteiger partial charge in [0.1, 0.15) is 12.6 Å². The molecule has 0 radical (unpaired) electrons. The molecule has 0 aromatic heterocycles. The number of amides is 2. The van der Waals surface area contributed by atoms with Crippen molar-refractivity contribution in [2.75, 3.05) is 6.61 Å². The number of ether oxygens (including phenoxy) is 1. The standard InChI is InChI=1S/C6H8N2O5/c7-5(10)3-4(6(11)12)13-1-2(9)8-3/h3-4H,1H2,(H2,7,10)(H,8,9)(H,11,12). The molecule has 1 fully saturated rings. The predicted molar refractivity (Wildman–Crippen MR) is 38.5 cm³/mol. The maximum atomic E-state index is 10.7. The van der Waals surface area contributed by atoms with Gasteiger partial charge in [-0.25, -0.2) is 4.79 Å². The highest BCUT2D eigenvalue weighted by Crippen LogP contribution is 2.05. The van der Waals surface area contributed by atoms with Crippen molar-refractivity contribution in [3.63, 3.8) is 0 Å². The highest BCUT2D eigenvalue weighted by Gasteiger charge is 2.38. The Morgan fingerprint density at radius 3 is 2.69 bits per heavy atom. The zero-order chi connectivity index (χ0) is 10.0. The molecule has 13 heavy (non-hydrogen) atoms. The van der Waals surface area contributed by atoms with Crippen molar-refractivity contribution in [1.82, 2.24) is 5.32 Å². The van der Waals surface area contributed by atoms with E-state index in [-0.39, 0.29) is 6.61 Å². The summed E-state index contributed by atoms with van der Waals surface area (Å²) in [6, 6.07) is -1.29. The number of rotatable bonds is 2. The van der Waals surface area contributed by atoms with Crippen molar-refractivity contribution < 1.29 is 24.2 Å². The van der Waals surface area contributed by atoms with E-state index < -0.39 is 29.9 Å². The monoisotopic (exact) mass is 188 g/mol. The average Bonchev–Trinajstić information content (AvgIpc) is 2.03. The number of nitrogens with two attached hydrogens (primary N) is 1. The highest BCUT2D eigenvalue weighted by atomic mass is 16.5. The lowest BCUT2D eigenvalue weighted by Gasteiger charge is -2.26. The summed E-state index contributed by atoms with van der Waals surface area (Å²) in [5, 5.41) is 10.7. The number of carboxylic acids is 1. The van der Waals surface area contributed by atoms with Gasteiger partial charge in [0.15, 0.2) is 6.10 Å². The molecule has 4 N–H and O–H groups in total. The first-order valence-corrected chi connectivity index (χ1v) is 3.45. The molecule has 2 amide bonds. The molecule has 1 saturated heterocycles. The van der Waals surface area contributed by atoms with Gasteiger partial charge < -0.3 is 20.9 Å². The summed E-state index contributed by atoms with van der Waals surface area (Å²) in [5.74, 6) is -2.81. The first-order chi connectivity index (χ1) is 6.02. The first kappa shape index (κ1) is 9.46. The minimum Gasteiger partial charge on any atom is -0.479 e. The number of aliphatic carboxylic acids is 1. The fraction of sp³-hybridized carbons (Fsp3) is 0.500. The van der Waals surface area contributed by atoms with E-state index in [1.807, 2.05) is 0 Å². The van der Waals surface area contributed by atoms with Crippen molar-refractivity contribution in [3.05, 3.63) is 0 Å². The van der Waals surface area contributed by atoms with E-state index >= 15 is 0 Å². The molecule has 7 heteroatoms. The Labute approximate surface area is 72.8 Å². The number of hydrogen-bond donors (Lipinski definition) is 3. The van der Waals surface area contributed by atoms with Crippen LogP contribution in [-0.4, -0.2) is 41.6 Å². The lowest BCUT2D eigenvalue weighted by atomic mass is 10.1. The largest absolute Gasteiger partial charge is 0.479 e. The summed E-state index contributed by atoms with van der Waals surface area (Å²) in [6.45, 7) is -0.374. The highest BCUT2D eigenvalue weighted by molar-refractivity contribution is 5.93. The van der Waals surface area contributed by atoms with Gasteiger partial charge in [0.25, 0.3) is 0 Å². The van der Waals surface area contributed by atoms with Crippen LogP contribution in [0.2, 0.25) is 0 Å². The Hall–Kier alpha value is -1.63. The maximum Gasteiger partial charge on any atom is 0.335 e. The van der Waals surface area contributed by atoms with Crippen molar-refractivity contribution >= 4 is 17.8 Å². The summed E-state index contributed by atoms with van der Waals surface area (Å²) in [5.41, 5.74) is 4.86. The number of primary amides is 1. The van der Waals surface area contributed by atoms with Gasteiger partial charge in [-0.2, -0.15) is 0 Å². The molecule has 0 bridgehead atoms. The lowest BCUT2D eigenvalue weighted by Crippen LogP contribution is -2.60. The fourth-order valence-electron chi connectivity index (χ4n) is 0.987. The molecule has 1 heterocycles. The van der Waals surface area contributed by atoms with Crippen LogP contribution in [0.15, 0.2) is 0 Å². The summed E-state index contributed by atoms with van der Waals surface area (Å²) >= 11 is 0. The second-order valence-electron chi connectivity index (χ2n) is 2.52. The quantitative estimate of drug-likeness (QED) is 0.440. The second-order valence-corrected chi connectivity index (χ2v) is 2.52. The molecular weight excluding hydrogens is 180 g/mol. The Morgan fingerprint density at radius 1 is 1.62 bits per heavy atom. The number of nitrogens with one attached hydrogen (secondary N) is 1. The Balaban J connectivity index is 2.77. The third kappa shape index (κ3) is 1.94. The maximum absolute atomic E-state index is 10.7. The summed E-state index contributed by atoms with van der Waals surface area (Å²) in [7, 11) is 0. The topological polar surface area (TPSA) is 119 Å². The van der Waals surface area contributed by atoms with Crippen molar-refractivity contribution in [3.8, 4) is 0 Å². The Morgan fingerprint density at radius 2 is 2.23 bits per heavy atom. The van der Waals surface area contributed by atoms with Crippen LogP contribution in [0, 0.1) is 0 Å². The van der Waals surface area contributed by atoms with E-state index in [0.717, 1.165) is 0 Å². The van der Waals surface area contributed by atoms with Crippen LogP contribution in [0.1, 0.15) is 0 Å². The third-order valence-electron chi connectivity index (χ3n) is 1.56. The minimum absolute atomic E-state index is 0.374. The molecule has 0 aromatic carbocycles. The molecule has 2 atom stereocenters. The average molecular weight is 188 g/mol. The molecule has 1 aliphatic rings. The van der Waals surface area contributed by atoms with Gasteiger partial charge in [-0.15, -0.1) is 0 Å². The lowest BCUT2D eigenvalue weighted by molar-refractivity contribution is -0.162. The third-order valence-corrected chi connectivity index (χ3v) is 1.56. The Bertz CT molecular complexity index is 264. The van der Waals surface area contributed by atoms with Gasteiger partial charge in [0.05, 0.1) is 0 Å². The van der Waals surface area contributed by atoms with E-state index in [1.165, 1.54) is 0 Å². The zero-order valence-electron chi connectivity index (χ0n) is 6.52. The summed E-state index contributed by atoms with van der Waals surface area (Å²) < 4.78 is 4.61. The molecule has 1 aliphatic heterocycles. The molecule has 0 aromatic rings. The van der Waals surface area contributed by atoms with Crippen molar-refractivity contribution in [2.24, 2.45) is 5.73 Å². The molecule has 0 aliphatic carbocycles. The Kier molecular flexibility index (Phi) is 2.47. The SMILES string of the molecule is NC(=O)C1NC(=O)COC1C(=O)O. The van der Waals surface area contributed by atoms with Gasteiger partial charge >= 0.3 is 5.97 Å². The van der Waals surface area contributed by atoms with Crippen molar-refractivity contribution in [1.29, 1.82) is 0 Å². The summed E-state index contributed by atoms with van der Waals surface area (Å²) in [4.78, 5) is 31.9. The van der Waals surface area contributed by atoms with Crippen LogP contribution < -0.4 is 11.1 Å². The fourth-order valence-corrected chi connectivity index (χ4v) is 0.987. The number of carboxylic acid groups (broad SMARTS) is 1. The summed E-state index contributed by atoms with van der Waals surface area (Å²) in [6.07, 6.45) is -1.39. The van der Waals surface area contributed by atoms with Crippen LogP contribution in [0.4, 0.5) is 0 Å². The van der Waals surface area contributed by atoms with E-state index in [1.54, 1.807) is 0 Å². The van der Waals surface area contributed by atoms with Crippen LogP contribution in [-0.2, 0) is 19.1 Å². The molecule has 0 saturated carbocycles. The predicted octanol–water partition coefficient (Wildman–Crippen LogP) is -2.56. The van der Waals surface area contributed by atoms with E-state index in [9.17, 15) is 14.4 Å². The zero-order valence-corrected chi connectivity index (χ0v) is 6.52. The van der Waals surface area contributed by atoms with Gasteiger partial charge in [-0.05, 0) is 0 Å². The van der Waals surface area contributed by atoms with Gasteiger partial charge in [0.2, 0.25) is 11.8 Å². The number of carbonyl (C=O) groups excluding carboxylic acids is 2. The van der Waals surface area contributed by atoms with Crippen molar-refractivity contribution in [2.45, 2.75) is 12.1 Å². The van der Waals surface area contributed by atoms with Gasteiger partial charge in [-0.1, -0.05) is 0 Å². The smallest absolute Gasteiger partial charge is 0.335 e. The second kappa shape index (κ2) is 3.40. The normalized spacial score (nSPS) is 27.8. The van der Waals surface area contributed by atoms with Crippen LogP contribution in [0.25, 0.3) is 0 Å². The molecule has 1 rings (SSSR count). The van der Waals surface area contributed by atoms with E-state index in [4.69, 9.17) is 10.8 Å². The molecule has 0 spiro atoms. The molecular formula is C6H8N2O5. The number of carbonyl (C=O) groups is 3. The minimum atomic E-state index is -1.39. The van der Waals surface area contributed by atoms with Crippen LogP contribution in [0.3, 0.4) is 0 Å². The molecule has 2 unspecified atom stereocenters. The molecule has 7 nitrogen and oxygen atoms in total. The number of hydrogen-bond acceptors (Lipinski definition) is 4. The van der Waals surface area contributed by atoms with Gasteiger partial charge in [0, 0.05) is 0 Å². The molecule has 72 valence electrons. The number of morpholine rings is 1. The van der Waals surface area contributed by atoms with Gasteiger partial charge in [-0.3, -0.25) is 9.59 Å². The van der Waals surface area contributed by atoms with E-state index in [0.29, 0.717) is 0 Å². The van der Waals surface area contributed by atoms with Crippen LogP contribution >= 0.6 is 0 Å². The van der Waals surface area contributed by atoms with E-state index in [2.05, 4.69) is 10.1 Å². The van der Waals surface area contributed by atoms with Crippen LogP contribution in [0.5, 0.6) is 0 Å².